The van der Waals surface area contributed by atoms with Crippen LogP contribution in [0.4, 0.5) is 5.95 Å². The maximum absolute atomic E-state index is 5.96. The van der Waals surface area contributed by atoms with Crippen LogP contribution in [0.15, 0.2) is 18.2 Å². The second-order valence-corrected chi connectivity index (χ2v) is 7.30. The highest BCUT2D eigenvalue weighted by Crippen LogP contribution is 2.28. The fraction of sp³-hybridized carbons (Fsp3) is 0.632. The zero-order valence-electron chi connectivity index (χ0n) is 16.0. The first-order chi connectivity index (χ1) is 12.1. The van der Waals surface area contributed by atoms with Gasteiger partial charge in [-0.05, 0) is 46.2 Å². The number of rotatable bonds is 8. The maximum Gasteiger partial charge on any atom is 0.203 e. The Labute approximate surface area is 150 Å². The lowest BCUT2D eigenvalue weighted by molar-refractivity contribution is 0.268. The van der Waals surface area contributed by atoms with Gasteiger partial charge in [-0.15, -0.1) is 0 Å². The molecule has 6 heteroatoms. The van der Waals surface area contributed by atoms with E-state index < -0.39 is 0 Å². The first kappa shape index (κ1) is 18.0. The van der Waals surface area contributed by atoms with Gasteiger partial charge in [0.1, 0.15) is 5.75 Å². The quantitative estimate of drug-likeness (QED) is 0.744. The summed E-state index contributed by atoms with van der Waals surface area (Å²) in [4.78, 5) is 9.27. The van der Waals surface area contributed by atoms with Crippen molar-refractivity contribution in [2.45, 2.75) is 19.9 Å². The molecular weight excluding hydrogens is 314 g/mol. The molecule has 0 saturated carbocycles. The normalized spacial score (nSPS) is 17.1. The van der Waals surface area contributed by atoms with Gasteiger partial charge >= 0.3 is 0 Å². The lowest BCUT2D eigenvalue weighted by Gasteiger charge is -2.27. The molecule has 0 fully saturated rings. The number of nitrogens with one attached hydrogen (secondary N) is 1. The fourth-order valence-corrected chi connectivity index (χ4v) is 3.39. The van der Waals surface area contributed by atoms with Crippen molar-refractivity contribution in [3.05, 3.63) is 18.2 Å². The van der Waals surface area contributed by atoms with Crippen LogP contribution < -0.4 is 10.1 Å². The molecule has 25 heavy (non-hydrogen) atoms. The molecular formula is C19H31N5O. The van der Waals surface area contributed by atoms with E-state index in [0.29, 0.717) is 5.92 Å². The predicted molar refractivity (Wildman–Crippen MR) is 104 cm³/mol. The third-order valence-corrected chi connectivity index (χ3v) is 4.83. The molecule has 138 valence electrons. The van der Waals surface area contributed by atoms with Gasteiger partial charge in [0.15, 0.2) is 0 Å². The van der Waals surface area contributed by atoms with E-state index in [1.165, 1.54) is 0 Å². The molecule has 0 radical (unpaired) electrons. The molecule has 1 unspecified atom stereocenters. The molecule has 1 aliphatic rings. The molecule has 0 saturated heterocycles. The van der Waals surface area contributed by atoms with Crippen LogP contribution in [0.3, 0.4) is 0 Å². The van der Waals surface area contributed by atoms with Crippen LogP contribution in [-0.4, -0.2) is 73.3 Å². The summed E-state index contributed by atoms with van der Waals surface area (Å²) in [6, 6.07) is 6.23. The highest BCUT2D eigenvalue weighted by molar-refractivity contribution is 5.80. The largest absolute Gasteiger partial charge is 0.493 e. The van der Waals surface area contributed by atoms with Crippen molar-refractivity contribution in [1.29, 1.82) is 0 Å². The summed E-state index contributed by atoms with van der Waals surface area (Å²) >= 11 is 0. The fourth-order valence-electron chi connectivity index (χ4n) is 3.39. The number of benzene rings is 1. The monoisotopic (exact) mass is 345 g/mol. The van der Waals surface area contributed by atoms with Gasteiger partial charge in [-0.1, -0.05) is 6.92 Å². The van der Waals surface area contributed by atoms with Crippen LogP contribution in [0, 0.1) is 5.92 Å². The maximum atomic E-state index is 5.96. The van der Waals surface area contributed by atoms with Crippen LogP contribution in [-0.2, 0) is 6.54 Å². The van der Waals surface area contributed by atoms with Crippen molar-refractivity contribution in [2.24, 2.45) is 5.92 Å². The summed E-state index contributed by atoms with van der Waals surface area (Å²) in [5.74, 6) is 2.50. The van der Waals surface area contributed by atoms with Gasteiger partial charge in [0.2, 0.25) is 5.95 Å². The Morgan fingerprint density at radius 3 is 2.92 bits per heavy atom. The van der Waals surface area contributed by atoms with E-state index >= 15 is 0 Å². The molecule has 0 spiro atoms. The summed E-state index contributed by atoms with van der Waals surface area (Å²) < 4.78 is 8.26. The SMILES string of the molecule is CCN(C)CCCOc1ccc2nc3n(c2c1)CC(CN(C)C)CN3. The number of ether oxygens (including phenoxy) is 1. The Morgan fingerprint density at radius 2 is 2.16 bits per heavy atom. The lowest BCUT2D eigenvalue weighted by Crippen LogP contribution is -2.34. The Kier molecular flexibility index (Phi) is 5.81. The molecule has 3 rings (SSSR count). The van der Waals surface area contributed by atoms with Crippen molar-refractivity contribution in [2.75, 3.05) is 59.2 Å². The molecule has 0 aliphatic carbocycles. The summed E-state index contributed by atoms with van der Waals surface area (Å²) in [5.41, 5.74) is 2.19. The van der Waals surface area contributed by atoms with Crippen molar-refractivity contribution >= 4 is 17.0 Å². The highest BCUT2D eigenvalue weighted by Gasteiger charge is 2.22. The summed E-state index contributed by atoms with van der Waals surface area (Å²) in [6.45, 7) is 8.13. The smallest absolute Gasteiger partial charge is 0.203 e. The highest BCUT2D eigenvalue weighted by atomic mass is 16.5. The van der Waals surface area contributed by atoms with E-state index in [1.807, 2.05) is 6.07 Å². The number of fused-ring (bicyclic) bond motifs is 3. The van der Waals surface area contributed by atoms with Gasteiger partial charge < -0.3 is 24.4 Å². The summed E-state index contributed by atoms with van der Waals surface area (Å²) in [5, 5.41) is 3.48. The van der Waals surface area contributed by atoms with E-state index in [4.69, 9.17) is 9.72 Å². The second kappa shape index (κ2) is 8.06. The van der Waals surface area contributed by atoms with E-state index in [9.17, 15) is 0 Å². The van der Waals surface area contributed by atoms with Crippen LogP contribution in [0.25, 0.3) is 11.0 Å². The van der Waals surface area contributed by atoms with Gasteiger partial charge in [0.25, 0.3) is 0 Å². The number of nitrogens with zero attached hydrogens (tertiary/aromatic N) is 4. The molecule has 2 heterocycles. The van der Waals surface area contributed by atoms with Gasteiger partial charge in [-0.2, -0.15) is 0 Å². The predicted octanol–water partition coefficient (Wildman–Crippen LogP) is 2.36. The van der Waals surface area contributed by atoms with Crippen LogP contribution in [0.5, 0.6) is 5.75 Å². The minimum absolute atomic E-state index is 0.592. The standard InChI is InChI=1S/C19H31N5O/c1-5-23(4)9-6-10-25-16-7-8-17-18(11-16)24-14-15(13-22(2)3)12-20-19(24)21-17/h7-8,11,15H,5-6,9-10,12-14H2,1-4H3,(H,20,21). The lowest BCUT2D eigenvalue weighted by atomic mass is 10.1. The Hall–Kier alpha value is -1.79. The number of hydrogen-bond acceptors (Lipinski definition) is 5. The van der Waals surface area contributed by atoms with Crippen molar-refractivity contribution < 1.29 is 4.74 Å². The molecule has 1 aromatic carbocycles. The second-order valence-electron chi connectivity index (χ2n) is 7.30. The molecule has 1 aromatic heterocycles. The van der Waals surface area contributed by atoms with E-state index in [-0.39, 0.29) is 0 Å². The molecule has 0 bridgehead atoms. The van der Waals surface area contributed by atoms with Gasteiger partial charge in [0, 0.05) is 38.2 Å². The number of anilines is 1. The molecule has 1 N–H and O–H groups in total. The van der Waals surface area contributed by atoms with Crippen LogP contribution in [0.1, 0.15) is 13.3 Å². The first-order valence-electron chi connectivity index (χ1n) is 9.27. The third kappa shape index (κ3) is 4.44. The Bertz CT molecular complexity index is 696. The van der Waals surface area contributed by atoms with Crippen molar-refractivity contribution in [1.82, 2.24) is 19.4 Å². The van der Waals surface area contributed by atoms with Crippen LogP contribution in [0.2, 0.25) is 0 Å². The molecule has 0 amide bonds. The first-order valence-corrected chi connectivity index (χ1v) is 9.27. The summed E-state index contributed by atoms with van der Waals surface area (Å²) in [6.07, 6.45) is 1.04. The number of hydrogen-bond donors (Lipinski definition) is 1. The van der Waals surface area contributed by atoms with Gasteiger partial charge in [0.05, 0.1) is 17.6 Å². The number of aromatic nitrogens is 2. The molecule has 1 atom stereocenters. The molecule has 2 aromatic rings. The average molecular weight is 345 g/mol. The van der Waals surface area contributed by atoms with Crippen molar-refractivity contribution in [3.8, 4) is 5.75 Å². The van der Waals surface area contributed by atoms with Crippen LogP contribution >= 0.6 is 0 Å². The minimum Gasteiger partial charge on any atom is -0.493 e. The van der Waals surface area contributed by atoms with E-state index in [0.717, 1.165) is 68.5 Å². The zero-order valence-corrected chi connectivity index (χ0v) is 16.0. The van der Waals surface area contributed by atoms with Gasteiger partial charge in [-0.3, -0.25) is 0 Å². The Morgan fingerprint density at radius 1 is 1.32 bits per heavy atom. The average Bonchev–Trinajstić information content (AvgIpc) is 2.95. The molecule has 1 aliphatic heterocycles. The summed E-state index contributed by atoms with van der Waals surface area (Å²) in [7, 11) is 6.40. The van der Waals surface area contributed by atoms with Crippen molar-refractivity contribution in [3.63, 3.8) is 0 Å². The minimum atomic E-state index is 0.592. The topological polar surface area (TPSA) is 45.6 Å². The van der Waals surface area contributed by atoms with Gasteiger partial charge in [-0.25, -0.2) is 4.98 Å². The zero-order chi connectivity index (χ0) is 17.8. The third-order valence-electron chi connectivity index (χ3n) is 4.83. The number of imidazole rings is 1. The molecule has 6 nitrogen and oxygen atoms in total. The van der Waals surface area contributed by atoms with E-state index in [1.54, 1.807) is 0 Å². The van der Waals surface area contributed by atoms with E-state index in [2.05, 4.69) is 59.9 Å². The Balaban J connectivity index is 1.68.